The lowest BCUT2D eigenvalue weighted by atomic mass is 10.3. The smallest absolute Gasteiger partial charge is 0.244 e. The van der Waals surface area contributed by atoms with E-state index in [9.17, 15) is 9.59 Å². The first-order valence-corrected chi connectivity index (χ1v) is 9.51. The molecule has 0 saturated heterocycles. The van der Waals surface area contributed by atoms with Crippen LogP contribution in [0.2, 0.25) is 0 Å². The number of benzene rings is 1. The van der Waals surface area contributed by atoms with Crippen LogP contribution < -0.4 is 5.32 Å². The standard InChI is InChI=1S/C15H17BrN6O2S/c1-21(8-13(23)17-12-5-3-2-4-11(12)16)14(24)9-25-15-18-19-20-22(15)10-6-7-10/h2-5,10H,6-9H2,1H3,(H,17,23). The lowest BCUT2D eigenvalue weighted by Crippen LogP contribution is -2.36. The maximum Gasteiger partial charge on any atom is 0.244 e. The maximum absolute atomic E-state index is 12.2. The Kier molecular flexibility index (Phi) is 5.69. The van der Waals surface area contributed by atoms with E-state index in [4.69, 9.17) is 0 Å². The summed E-state index contributed by atoms with van der Waals surface area (Å²) in [6.45, 7) is -0.0196. The number of nitrogens with zero attached hydrogens (tertiary/aromatic N) is 5. The van der Waals surface area contributed by atoms with Crippen LogP contribution in [0.25, 0.3) is 0 Å². The fourth-order valence-corrected chi connectivity index (χ4v) is 3.39. The van der Waals surface area contributed by atoms with Gasteiger partial charge < -0.3 is 10.2 Å². The molecule has 3 rings (SSSR count). The van der Waals surface area contributed by atoms with Gasteiger partial charge in [0, 0.05) is 11.5 Å². The molecule has 10 heteroatoms. The van der Waals surface area contributed by atoms with Crippen LogP contribution in [0.15, 0.2) is 33.9 Å². The second-order valence-electron chi connectivity index (χ2n) is 5.70. The predicted molar refractivity (Wildman–Crippen MR) is 97.2 cm³/mol. The third kappa shape index (κ3) is 4.79. The number of para-hydroxylation sites is 1. The number of anilines is 1. The minimum Gasteiger partial charge on any atom is -0.336 e. The van der Waals surface area contributed by atoms with E-state index in [0.717, 1.165) is 17.3 Å². The molecule has 1 fully saturated rings. The first-order chi connectivity index (χ1) is 12.0. The lowest BCUT2D eigenvalue weighted by Gasteiger charge is -2.16. The Morgan fingerprint density at radius 2 is 2.16 bits per heavy atom. The molecule has 0 atom stereocenters. The molecular formula is C15H17BrN6O2S. The van der Waals surface area contributed by atoms with Crippen molar-refractivity contribution in [1.82, 2.24) is 25.1 Å². The number of carbonyl (C=O) groups excluding carboxylic acids is 2. The van der Waals surface area contributed by atoms with E-state index in [1.165, 1.54) is 16.7 Å². The highest BCUT2D eigenvalue weighted by atomic mass is 79.9. The minimum absolute atomic E-state index is 0.0196. The molecule has 0 radical (unpaired) electrons. The Hall–Kier alpha value is -1.94. The van der Waals surface area contributed by atoms with Gasteiger partial charge in [0.25, 0.3) is 0 Å². The van der Waals surface area contributed by atoms with Crippen molar-refractivity contribution in [2.75, 3.05) is 24.7 Å². The third-order valence-electron chi connectivity index (χ3n) is 3.63. The number of rotatable bonds is 7. The number of likely N-dealkylation sites (N-methyl/N-ethyl adjacent to an activating group) is 1. The van der Waals surface area contributed by atoms with Gasteiger partial charge in [0.05, 0.1) is 24.0 Å². The third-order valence-corrected chi connectivity index (χ3v) is 5.24. The van der Waals surface area contributed by atoms with Gasteiger partial charge in [-0.15, -0.1) is 5.10 Å². The van der Waals surface area contributed by atoms with E-state index in [-0.39, 0.29) is 24.1 Å². The van der Waals surface area contributed by atoms with Crippen molar-refractivity contribution in [3.8, 4) is 0 Å². The molecule has 1 heterocycles. The Morgan fingerprint density at radius 1 is 1.40 bits per heavy atom. The molecule has 1 saturated carbocycles. The van der Waals surface area contributed by atoms with Crippen LogP contribution >= 0.6 is 27.7 Å². The molecule has 1 N–H and O–H groups in total. The van der Waals surface area contributed by atoms with Gasteiger partial charge in [-0.3, -0.25) is 9.59 Å². The molecule has 2 amide bonds. The Balaban J connectivity index is 1.48. The number of halogens is 1. The topological polar surface area (TPSA) is 93.0 Å². The highest BCUT2D eigenvalue weighted by Crippen LogP contribution is 2.36. The number of tetrazole rings is 1. The quantitative estimate of drug-likeness (QED) is 0.682. The Morgan fingerprint density at radius 3 is 2.88 bits per heavy atom. The molecule has 1 aromatic carbocycles. The predicted octanol–water partition coefficient (Wildman–Crippen LogP) is 1.96. The summed E-state index contributed by atoms with van der Waals surface area (Å²) in [6, 6.07) is 7.68. The minimum atomic E-state index is -0.254. The lowest BCUT2D eigenvalue weighted by molar-refractivity contribution is -0.131. The van der Waals surface area contributed by atoms with E-state index < -0.39 is 0 Å². The van der Waals surface area contributed by atoms with Gasteiger partial charge in [-0.1, -0.05) is 23.9 Å². The van der Waals surface area contributed by atoms with Crippen LogP contribution in [-0.4, -0.2) is 56.3 Å². The Bertz CT molecular complexity index is 779. The molecular weight excluding hydrogens is 408 g/mol. The molecule has 2 aromatic rings. The van der Waals surface area contributed by atoms with Crippen molar-refractivity contribution >= 4 is 45.2 Å². The number of hydrogen-bond acceptors (Lipinski definition) is 6. The van der Waals surface area contributed by atoms with Crippen molar-refractivity contribution < 1.29 is 9.59 Å². The molecule has 25 heavy (non-hydrogen) atoms. The van der Waals surface area contributed by atoms with E-state index in [2.05, 4.69) is 36.8 Å². The molecule has 1 aliphatic carbocycles. The second-order valence-corrected chi connectivity index (χ2v) is 7.50. The molecule has 1 aromatic heterocycles. The highest BCUT2D eigenvalue weighted by molar-refractivity contribution is 9.10. The van der Waals surface area contributed by atoms with E-state index in [1.54, 1.807) is 17.8 Å². The van der Waals surface area contributed by atoms with E-state index in [1.807, 2.05) is 18.2 Å². The SMILES string of the molecule is CN(CC(=O)Nc1ccccc1Br)C(=O)CSc1nnnn1C1CC1. The van der Waals surface area contributed by atoms with E-state index >= 15 is 0 Å². The number of nitrogens with one attached hydrogen (secondary N) is 1. The van der Waals surface area contributed by atoms with Gasteiger partial charge >= 0.3 is 0 Å². The largest absolute Gasteiger partial charge is 0.336 e. The average Bonchev–Trinajstić information content (AvgIpc) is 3.33. The molecule has 0 aliphatic heterocycles. The van der Waals surface area contributed by atoms with Crippen LogP contribution in [0.5, 0.6) is 0 Å². The second kappa shape index (κ2) is 7.96. The Labute approximate surface area is 157 Å². The van der Waals surface area contributed by atoms with Gasteiger partial charge in [-0.05, 0) is 51.3 Å². The van der Waals surface area contributed by atoms with Crippen LogP contribution in [0, 0.1) is 0 Å². The van der Waals surface area contributed by atoms with Crippen molar-refractivity contribution in [3.63, 3.8) is 0 Å². The summed E-state index contributed by atoms with van der Waals surface area (Å²) in [5.74, 6) is -0.223. The van der Waals surface area contributed by atoms with E-state index in [0.29, 0.717) is 16.9 Å². The molecule has 0 spiro atoms. The van der Waals surface area contributed by atoms with Crippen molar-refractivity contribution in [2.45, 2.75) is 24.0 Å². The monoisotopic (exact) mass is 424 g/mol. The van der Waals surface area contributed by atoms with Gasteiger partial charge in [0.15, 0.2) is 0 Å². The van der Waals surface area contributed by atoms with Gasteiger partial charge in [-0.25, -0.2) is 4.68 Å². The summed E-state index contributed by atoms with van der Waals surface area (Å²) >= 11 is 4.66. The summed E-state index contributed by atoms with van der Waals surface area (Å²) in [5.41, 5.74) is 0.673. The van der Waals surface area contributed by atoms with Gasteiger partial charge in [-0.2, -0.15) is 0 Å². The maximum atomic E-state index is 12.2. The highest BCUT2D eigenvalue weighted by Gasteiger charge is 2.28. The number of amides is 2. The van der Waals surface area contributed by atoms with Crippen molar-refractivity contribution in [3.05, 3.63) is 28.7 Å². The van der Waals surface area contributed by atoms with Crippen LogP contribution in [-0.2, 0) is 9.59 Å². The van der Waals surface area contributed by atoms with Gasteiger partial charge in [0.2, 0.25) is 17.0 Å². The normalized spacial score (nSPS) is 13.5. The zero-order valence-electron chi connectivity index (χ0n) is 13.6. The number of thioether (sulfide) groups is 1. The molecule has 1 aliphatic rings. The summed E-state index contributed by atoms with van der Waals surface area (Å²) in [4.78, 5) is 25.7. The van der Waals surface area contributed by atoms with Crippen molar-refractivity contribution in [2.24, 2.45) is 0 Å². The first kappa shape index (κ1) is 17.9. The fourth-order valence-electron chi connectivity index (χ4n) is 2.12. The van der Waals surface area contributed by atoms with Crippen LogP contribution in [0.1, 0.15) is 18.9 Å². The molecule has 132 valence electrons. The number of hydrogen-bond donors (Lipinski definition) is 1. The first-order valence-electron chi connectivity index (χ1n) is 7.73. The summed E-state index contributed by atoms with van der Waals surface area (Å²) in [6.07, 6.45) is 2.14. The zero-order valence-corrected chi connectivity index (χ0v) is 16.0. The summed E-state index contributed by atoms with van der Waals surface area (Å²) in [5, 5.41) is 15.0. The summed E-state index contributed by atoms with van der Waals surface area (Å²) in [7, 11) is 1.60. The average molecular weight is 425 g/mol. The fraction of sp³-hybridized carbons (Fsp3) is 0.400. The van der Waals surface area contributed by atoms with Gasteiger partial charge in [0.1, 0.15) is 0 Å². The number of carbonyl (C=O) groups is 2. The zero-order chi connectivity index (χ0) is 17.8. The molecule has 8 nitrogen and oxygen atoms in total. The summed E-state index contributed by atoms with van der Waals surface area (Å²) < 4.78 is 2.55. The molecule has 0 unspecified atom stereocenters. The van der Waals surface area contributed by atoms with Crippen LogP contribution in [0.4, 0.5) is 5.69 Å². The number of aromatic nitrogens is 4. The van der Waals surface area contributed by atoms with Crippen LogP contribution in [0.3, 0.4) is 0 Å². The molecule has 0 bridgehead atoms. The van der Waals surface area contributed by atoms with Crippen molar-refractivity contribution in [1.29, 1.82) is 0 Å².